The Morgan fingerprint density at radius 3 is 2.73 bits per heavy atom. The third-order valence-electron chi connectivity index (χ3n) is 4.67. The lowest BCUT2D eigenvalue weighted by molar-refractivity contribution is 0.212. The molecule has 8 heteroatoms. The monoisotopic (exact) mass is 363 g/mol. The maximum Gasteiger partial charge on any atom is 0.323 e. The number of carbonyl (C=O) groups excluding carboxylic acids is 1. The minimum absolute atomic E-state index is 0.0353. The number of nitrogens with one attached hydrogen (secondary N) is 1. The molecule has 2 heterocycles. The zero-order chi connectivity index (χ0) is 18.7. The second-order valence-electron chi connectivity index (χ2n) is 6.74. The van der Waals surface area contributed by atoms with Gasteiger partial charge >= 0.3 is 6.03 Å². The van der Waals surface area contributed by atoms with Gasteiger partial charge in [0.05, 0.1) is 6.04 Å². The third-order valence-corrected chi connectivity index (χ3v) is 4.67. The van der Waals surface area contributed by atoms with Crippen LogP contribution in [0.15, 0.2) is 30.5 Å². The van der Waals surface area contributed by atoms with Crippen LogP contribution in [0.3, 0.4) is 0 Å². The Balaban J connectivity index is 1.57. The zero-order valence-corrected chi connectivity index (χ0v) is 15.0. The van der Waals surface area contributed by atoms with Gasteiger partial charge in [-0.3, -0.25) is 10.00 Å². The van der Waals surface area contributed by atoms with Crippen molar-refractivity contribution in [3.63, 3.8) is 0 Å². The van der Waals surface area contributed by atoms with Crippen LogP contribution in [0, 0.1) is 11.6 Å². The molecule has 26 heavy (non-hydrogen) atoms. The molecule has 0 radical (unpaired) electrons. The standard InChI is InChI=1S/C18H23F2N5O/c1-23-8-5-15(6-9-23)25-10-7-17(22-25)21-18(26)24(2)12-13-3-4-14(19)11-16(13)20/h3-4,7,10-11,15H,5-6,8-9,12H2,1-2H3,(H,21,22,26). The summed E-state index contributed by atoms with van der Waals surface area (Å²) in [6, 6.07) is 5.01. The number of anilines is 1. The number of hydrogen-bond acceptors (Lipinski definition) is 3. The fourth-order valence-corrected chi connectivity index (χ4v) is 3.05. The number of nitrogens with zero attached hydrogens (tertiary/aromatic N) is 4. The lowest BCUT2D eigenvalue weighted by Gasteiger charge is -2.28. The van der Waals surface area contributed by atoms with Crippen molar-refractivity contribution in [3.8, 4) is 0 Å². The first-order chi connectivity index (χ1) is 12.4. The van der Waals surface area contributed by atoms with Crippen LogP contribution in [0.4, 0.5) is 19.4 Å². The van der Waals surface area contributed by atoms with E-state index < -0.39 is 17.7 Å². The molecule has 1 saturated heterocycles. The second kappa shape index (κ2) is 7.82. The number of likely N-dealkylation sites (tertiary alicyclic amines) is 1. The highest BCUT2D eigenvalue weighted by molar-refractivity contribution is 5.87. The van der Waals surface area contributed by atoms with Crippen LogP contribution in [0.1, 0.15) is 24.4 Å². The summed E-state index contributed by atoms with van der Waals surface area (Å²) in [6.07, 6.45) is 3.91. The van der Waals surface area contributed by atoms with Crippen LogP contribution in [0.5, 0.6) is 0 Å². The molecule has 0 spiro atoms. The van der Waals surface area contributed by atoms with E-state index in [1.807, 2.05) is 10.9 Å². The number of aromatic nitrogens is 2. The first kappa shape index (κ1) is 18.3. The fourth-order valence-electron chi connectivity index (χ4n) is 3.05. The van der Waals surface area contributed by atoms with Crippen molar-refractivity contribution in [2.75, 3.05) is 32.5 Å². The van der Waals surface area contributed by atoms with Crippen LogP contribution in [0.2, 0.25) is 0 Å². The number of benzene rings is 1. The zero-order valence-electron chi connectivity index (χ0n) is 15.0. The summed E-state index contributed by atoms with van der Waals surface area (Å²) in [4.78, 5) is 15.9. The van der Waals surface area contributed by atoms with E-state index in [4.69, 9.17) is 0 Å². The first-order valence-corrected chi connectivity index (χ1v) is 8.62. The molecule has 0 unspecified atom stereocenters. The Labute approximate surface area is 151 Å². The molecule has 140 valence electrons. The second-order valence-corrected chi connectivity index (χ2v) is 6.74. The topological polar surface area (TPSA) is 53.4 Å². The molecule has 1 N–H and O–H groups in total. The van der Waals surface area contributed by atoms with E-state index >= 15 is 0 Å². The predicted octanol–water partition coefficient (Wildman–Crippen LogP) is 3.09. The van der Waals surface area contributed by atoms with Crippen molar-refractivity contribution in [2.24, 2.45) is 0 Å². The van der Waals surface area contributed by atoms with Crippen LogP contribution in [-0.2, 0) is 6.54 Å². The highest BCUT2D eigenvalue weighted by Gasteiger charge is 2.20. The summed E-state index contributed by atoms with van der Waals surface area (Å²) < 4.78 is 28.6. The van der Waals surface area contributed by atoms with Crippen molar-refractivity contribution >= 4 is 11.8 Å². The number of piperidine rings is 1. The van der Waals surface area contributed by atoms with Gasteiger partial charge in [-0.05, 0) is 39.0 Å². The van der Waals surface area contributed by atoms with Gasteiger partial charge in [-0.2, -0.15) is 5.10 Å². The minimum atomic E-state index is -0.670. The average Bonchev–Trinajstić information content (AvgIpc) is 3.06. The van der Waals surface area contributed by atoms with Gasteiger partial charge < -0.3 is 9.80 Å². The number of rotatable bonds is 4. The van der Waals surface area contributed by atoms with Crippen molar-refractivity contribution in [1.82, 2.24) is 19.6 Å². The van der Waals surface area contributed by atoms with E-state index in [0.717, 1.165) is 32.0 Å². The maximum atomic E-state index is 13.7. The van der Waals surface area contributed by atoms with E-state index in [0.29, 0.717) is 11.9 Å². The summed E-state index contributed by atoms with van der Waals surface area (Å²) in [7, 11) is 3.65. The number of halogens is 2. The summed E-state index contributed by atoms with van der Waals surface area (Å²) in [6.45, 7) is 2.09. The molecule has 3 rings (SSSR count). The van der Waals surface area contributed by atoms with Crippen LogP contribution >= 0.6 is 0 Å². The van der Waals surface area contributed by atoms with E-state index in [2.05, 4.69) is 22.4 Å². The molecule has 1 fully saturated rings. The van der Waals surface area contributed by atoms with Crippen LogP contribution < -0.4 is 5.32 Å². The van der Waals surface area contributed by atoms with E-state index in [1.54, 1.807) is 13.1 Å². The third kappa shape index (κ3) is 4.37. The summed E-state index contributed by atoms with van der Waals surface area (Å²) in [5.74, 6) is -0.852. The molecule has 1 aliphatic heterocycles. The maximum absolute atomic E-state index is 13.7. The van der Waals surface area contributed by atoms with E-state index in [-0.39, 0.29) is 12.1 Å². The largest absolute Gasteiger partial charge is 0.323 e. The van der Waals surface area contributed by atoms with Gasteiger partial charge in [0, 0.05) is 37.5 Å². The van der Waals surface area contributed by atoms with Gasteiger partial charge in [-0.1, -0.05) is 6.07 Å². The highest BCUT2D eigenvalue weighted by Crippen LogP contribution is 2.22. The van der Waals surface area contributed by atoms with Crippen LogP contribution in [-0.4, -0.2) is 52.8 Å². The van der Waals surface area contributed by atoms with Gasteiger partial charge in [-0.15, -0.1) is 0 Å². The van der Waals surface area contributed by atoms with Crippen molar-refractivity contribution in [1.29, 1.82) is 0 Å². The lowest BCUT2D eigenvalue weighted by atomic mass is 10.1. The van der Waals surface area contributed by atoms with Gasteiger partial charge in [-0.25, -0.2) is 13.6 Å². The lowest BCUT2D eigenvalue weighted by Crippen LogP contribution is -2.32. The Morgan fingerprint density at radius 1 is 1.31 bits per heavy atom. The number of amides is 2. The fraction of sp³-hybridized carbons (Fsp3) is 0.444. The quantitative estimate of drug-likeness (QED) is 0.908. The SMILES string of the molecule is CN1CCC(n2ccc(NC(=O)N(C)Cc3ccc(F)cc3F)n2)CC1. The summed E-state index contributed by atoms with van der Waals surface area (Å²) in [5, 5.41) is 7.14. The van der Waals surface area contributed by atoms with Crippen molar-refractivity contribution < 1.29 is 13.6 Å². The smallest absolute Gasteiger partial charge is 0.323 e. The molecule has 2 aromatic rings. The van der Waals surface area contributed by atoms with Gasteiger partial charge in [0.1, 0.15) is 11.6 Å². The molecule has 6 nitrogen and oxygen atoms in total. The van der Waals surface area contributed by atoms with Crippen molar-refractivity contribution in [2.45, 2.75) is 25.4 Å². The Morgan fingerprint density at radius 2 is 2.04 bits per heavy atom. The molecule has 0 saturated carbocycles. The van der Waals surface area contributed by atoms with Crippen LogP contribution in [0.25, 0.3) is 0 Å². The normalized spacial score (nSPS) is 15.8. The molecule has 1 aromatic heterocycles. The molecule has 2 amide bonds. The Bertz CT molecular complexity index is 771. The number of carbonyl (C=O) groups is 1. The average molecular weight is 363 g/mol. The van der Waals surface area contributed by atoms with Gasteiger partial charge in [0.2, 0.25) is 0 Å². The molecular weight excluding hydrogens is 340 g/mol. The minimum Gasteiger partial charge on any atom is -0.323 e. The summed E-state index contributed by atoms with van der Waals surface area (Å²) >= 11 is 0. The molecular formula is C18H23F2N5O. The Hall–Kier alpha value is -2.48. The number of urea groups is 1. The van der Waals surface area contributed by atoms with Crippen molar-refractivity contribution in [3.05, 3.63) is 47.7 Å². The van der Waals surface area contributed by atoms with Gasteiger partial charge in [0.15, 0.2) is 5.82 Å². The molecule has 0 atom stereocenters. The highest BCUT2D eigenvalue weighted by atomic mass is 19.1. The van der Waals surface area contributed by atoms with Gasteiger partial charge in [0.25, 0.3) is 0 Å². The molecule has 0 aliphatic carbocycles. The number of hydrogen-bond donors (Lipinski definition) is 1. The Kier molecular flexibility index (Phi) is 5.51. The molecule has 1 aliphatic rings. The molecule has 0 bridgehead atoms. The molecule has 1 aromatic carbocycles. The van der Waals surface area contributed by atoms with E-state index in [9.17, 15) is 13.6 Å². The van der Waals surface area contributed by atoms with E-state index in [1.165, 1.54) is 17.0 Å². The first-order valence-electron chi connectivity index (χ1n) is 8.62. The summed E-state index contributed by atoms with van der Waals surface area (Å²) in [5.41, 5.74) is 0.251. The predicted molar refractivity (Wildman–Crippen MR) is 94.8 cm³/mol.